The molecule has 0 aromatic heterocycles. The number of sulfone groups is 1. The van der Waals surface area contributed by atoms with Crippen molar-refractivity contribution in [3.8, 4) is 11.1 Å². The number of amides is 3. The molecule has 0 unspecified atom stereocenters. The van der Waals surface area contributed by atoms with Gasteiger partial charge in [-0.2, -0.15) is 0 Å². The summed E-state index contributed by atoms with van der Waals surface area (Å²) in [7, 11) is -3.23. The lowest BCUT2D eigenvalue weighted by atomic mass is 9.85. The molecule has 3 aliphatic rings. The Labute approximate surface area is 331 Å². The first-order valence-electron chi connectivity index (χ1n) is 19.4. The normalized spacial score (nSPS) is 24.6. The molecule has 2 saturated carbocycles. The Bertz CT molecular complexity index is 1860. The molecule has 2 aromatic carbocycles. The zero-order valence-electron chi connectivity index (χ0n) is 33.6. The molecule has 10 nitrogen and oxygen atoms in total. The number of alkyl carbamates (subject to hydrolysis) is 1. The van der Waals surface area contributed by atoms with Gasteiger partial charge in [0, 0.05) is 18.9 Å². The summed E-state index contributed by atoms with van der Waals surface area (Å²) in [6.07, 6.45) is 3.08. The van der Waals surface area contributed by atoms with Gasteiger partial charge in [0.25, 0.3) is 0 Å². The van der Waals surface area contributed by atoms with Crippen molar-refractivity contribution in [1.82, 2.24) is 15.5 Å². The number of ketones is 1. The van der Waals surface area contributed by atoms with E-state index in [-0.39, 0.29) is 53.8 Å². The van der Waals surface area contributed by atoms with Crippen molar-refractivity contribution in [3.63, 3.8) is 0 Å². The van der Waals surface area contributed by atoms with Crippen molar-refractivity contribution in [1.29, 1.82) is 0 Å². The van der Waals surface area contributed by atoms with E-state index in [0.29, 0.717) is 19.3 Å². The average molecular weight is 794 g/mol. The summed E-state index contributed by atoms with van der Waals surface area (Å²) in [5, 5.41) is 5.72. The zero-order chi connectivity index (χ0) is 40.6. The molecule has 300 valence electrons. The molecule has 2 N–H and O–H groups in total. The van der Waals surface area contributed by atoms with E-state index >= 15 is 0 Å². The summed E-state index contributed by atoms with van der Waals surface area (Å²) in [4.78, 5) is 58.2. The fourth-order valence-corrected chi connectivity index (χ4v) is 11.0. The summed E-state index contributed by atoms with van der Waals surface area (Å²) in [5.41, 5.74) is 0.300. The van der Waals surface area contributed by atoms with Crippen molar-refractivity contribution in [2.75, 3.05) is 12.3 Å². The van der Waals surface area contributed by atoms with Crippen LogP contribution in [-0.2, 0) is 33.7 Å². The van der Waals surface area contributed by atoms with Gasteiger partial charge in [-0.25, -0.2) is 13.2 Å². The number of nitrogens with zero attached hydrogens (tertiary/aromatic N) is 1. The predicted octanol–water partition coefficient (Wildman–Crippen LogP) is 7.22. The molecule has 0 spiro atoms. The van der Waals surface area contributed by atoms with E-state index < -0.39 is 61.1 Å². The van der Waals surface area contributed by atoms with Gasteiger partial charge in [0.15, 0.2) is 15.6 Å². The van der Waals surface area contributed by atoms with Crippen molar-refractivity contribution < 1.29 is 32.3 Å². The fraction of sp³-hybridized carbons (Fsp3) is 0.581. The highest BCUT2D eigenvalue weighted by Gasteiger charge is 2.61. The third-order valence-electron chi connectivity index (χ3n) is 10.7. The molecule has 5 atom stereocenters. The summed E-state index contributed by atoms with van der Waals surface area (Å²) in [6, 6.07) is 16.3. The first-order valence-corrected chi connectivity index (χ1v) is 22.0. The van der Waals surface area contributed by atoms with Gasteiger partial charge in [-0.05, 0) is 80.2 Å². The lowest BCUT2D eigenvalue weighted by Gasteiger charge is -2.36. The smallest absolute Gasteiger partial charge is 0.408 e. The van der Waals surface area contributed by atoms with Crippen LogP contribution in [0.4, 0.5) is 4.79 Å². The maximum absolute atomic E-state index is 14.9. The highest BCUT2D eigenvalue weighted by atomic mass is 32.2. The molecule has 12 heteroatoms. The number of likely N-dealkylation sites (tertiary alicyclic amines) is 1. The topological polar surface area (TPSA) is 139 Å². The van der Waals surface area contributed by atoms with Gasteiger partial charge in [-0.15, -0.1) is 18.3 Å². The molecule has 0 bridgehead atoms. The van der Waals surface area contributed by atoms with Crippen LogP contribution in [-0.4, -0.2) is 83.0 Å². The molecule has 2 aliphatic carbocycles. The monoisotopic (exact) mass is 793 g/mol. The lowest BCUT2D eigenvalue weighted by molar-refractivity contribution is -0.142. The maximum Gasteiger partial charge on any atom is 0.408 e. The number of Topliss-reactive ketones (excluding diaryl/α,β-unsaturated/α-hetero) is 1. The third-order valence-corrected chi connectivity index (χ3v) is 14.5. The number of hydrogen-bond acceptors (Lipinski definition) is 8. The van der Waals surface area contributed by atoms with E-state index in [0.717, 1.165) is 16.7 Å². The van der Waals surface area contributed by atoms with Crippen molar-refractivity contribution >= 4 is 45.3 Å². The number of hydrogen-bond donors (Lipinski definition) is 2. The van der Waals surface area contributed by atoms with Gasteiger partial charge in [-0.3, -0.25) is 14.4 Å². The van der Waals surface area contributed by atoms with E-state index in [2.05, 4.69) is 55.3 Å². The minimum absolute atomic E-state index is 0.0106. The number of benzene rings is 2. The zero-order valence-corrected chi connectivity index (χ0v) is 35.3. The van der Waals surface area contributed by atoms with Gasteiger partial charge < -0.3 is 20.3 Å². The second kappa shape index (κ2) is 16.1. The van der Waals surface area contributed by atoms with E-state index in [1.165, 1.54) is 0 Å². The van der Waals surface area contributed by atoms with Gasteiger partial charge in [0.1, 0.15) is 23.2 Å². The number of ether oxygens (including phenoxy) is 1. The van der Waals surface area contributed by atoms with Crippen LogP contribution in [0.1, 0.15) is 99.5 Å². The average Bonchev–Trinajstić information content (AvgIpc) is 4.03. The van der Waals surface area contributed by atoms with Crippen molar-refractivity contribution in [3.05, 3.63) is 72.8 Å². The summed E-state index contributed by atoms with van der Waals surface area (Å²) in [5.74, 6) is -1.49. The van der Waals surface area contributed by atoms with Crippen LogP contribution in [0.2, 0.25) is 0 Å². The standard InChI is InChI=1S/C43H59N3O7S2/c1-10-31-25-43(31,35(47)17-14-24-55(51,52)33-22-23-33)45-37(48)34-26-42(54-28(2)3,32-20-18-30(19-21-32)29-15-12-11-13-16-29)27-46(34)38(49)36(40(4,5)6)44-39(50)53-41(7,8)9/h10-13,15-16,18-21,28,31,33-34,36H,1,14,17,22-27H2,2-9H3,(H,44,50)(H,45,48)/t31-,34+,36-,42+,43-/m1/s1. The number of rotatable bonds is 15. The number of carbonyl (C=O) groups is 4. The first kappa shape index (κ1) is 42.5. The molecule has 1 saturated heterocycles. The van der Waals surface area contributed by atoms with E-state index in [1.54, 1.807) is 43.5 Å². The highest BCUT2D eigenvalue weighted by Crippen LogP contribution is 2.51. The molecular weight excluding hydrogens is 735 g/mol. The summed E-state index contributed by atoms with van der Waals surface area (Å²) >= 11 is 1.69. The molecule has 55 heavy (non-hydrogen) atoms. The molecule has 1 aliphatic heterocycles. The summed E-state index contributed by atoms with van der Waals surface area (Å²) < 4.78 is 30.0. The van der Waals surface area contributed by atoms with E-state index in [1.807, 2.05) is 51.1 Å². The number of nitrogens with one attached hydrogen (secondary N) is 2. The van der Waals surface area contributed by atoms with E-state index in [9.17, 15) is 27.6 Å². The predicted molar refractivity (Wildman–Crippen MR) is 219 cm³/mol. The Morgan fingerprint density at radius 2 is 1.58 bits per heavy atom. The second-order valence-corrected chi connectivity index (χ2v) is 22.2. The Morgan fingerprint density at radius 3 is 2.11 bits per heavy atom. The molecule has 3 amide bonds. The lowest BCUT2D eigenvalue weighted by Crippen LogP contribution is -2.59. The molecule has 5 rings (SSSR count). The Morgan fingerprint density at radius 1 is 0.964 bits per heavy atom. The highest BCUT2D eigenvalue weighted by molar-refractivity contribution is 8.00. The largest absolute Gasteiger partial charge is 0.444 e. The minimum atomic E-state index is -3.23. The van der Waals surface area contributed by atoms with Crippen LogP contribution >= 0.6 is 11.8 Å². The van der Waals surface area contributed by atoms with Crippen LogP contribution in [0, 0.1) is 11.3 Å². The SMILES string of the molecule is C=C[C@@H]1C[C@]1(NC(=O)[C@@H]1C[C@@](SC(C)C)(c2ccc(-c3ccccc3)cc2)CN1C(=O)[C@@H](NC(=O)OC(C)(C)C)C(C)(C)C)C(=O)CCCS(=O)(=O)C1CC1. The van der Waals surface area contributed by atoms with Gasteiger partial charge in [0.2, 0.25) is 11.8 Å². The molecular formula is C43H59N3O7S2. The fourth-order valence-electron chi connectivity index (χ4n) is 7.65. The molecule has 3 fully saturated rings. The maximum atomic E-state index is 14.9. The minimum Gasteiger partial charge on any atom is -0.444 e. The van der Waals surface area contributed by atoms with Crippen molar-refractivity contribution in [2.24, 2.45) is 11.3 Å². The van der Waals surface area contributed by atoms with Crippen LogP contribution in [0.5, 0.6) is 0 Å². The third kappa shape index (κ3) is 10.0. The summed E-state index contributed by atoms with van der Waals surface area (Å²) in [6.45, 7) is 19.1. The quantitative estimate of drug-likeness (QED) is 0.180. The first-order chi connectivity index (χ1) is 25.6. The van der Waals surface area contributed by atoms with Crippen LogP contribution in [0.25, 0.3) is 11.1 Å². The van der Waals surface area contributed by atoms with E-state index in [4.69, 9.17) is 4.74 Å². The second-order valence-electron chi connectivity index (χ2n) is 17.8. The molecule has 1 heterocycles. The van der Waals surface area contributed by atoms with Crippen molar-refractivity contribution in [2.45, 2.75) is 132 Å². The van der Waals surface area contributed by atoms with Gasteiger partial charge >= 0.3 is 6.09 Å². The Hall–Kier alpha value is -3.64. The Balaban J connectivity index is 1.49. The van der Waals surface area contributed by atoms with Gasteiger partial charge in [0.05, 0.1) is 15.7 Å². The molecule has 2 aromatic rings. The van der Waals surface area contributed by atoms with Crippen LogP contribution < -0.4 is 10.6 Å². The Kier molecular flexibility index (Phi) is 12.4. The molecule has 0 radical (unpaired) electrons. The van der Waals surface area contributed by atoms with Crippen LogP contribution in [0.15, 0.2) is 67.3 Å². The number of carbonyl (C=O) groups excluding carboxylic acids is 4. The van der Waals surface area contributed by atoms with Gasteiger partial charge in [-0.1, -0.05) is 95.3 Å². The van der Waals surface area contributed by atoms with Crippen LogP contribution in [0.3, 0.4) is 0 Å². The number of thioether (sulfide) groups is 1.